The summed E-state index contributed by atoms with van der Waals surface area (Å²) in [6.07, 6.45) is 24.5. The summed E-state index contributed by atoms with van der Waals surface area (Å²) in [5.74, 6) is -0.749. The van der Waals surface area contributed by atoms with Crippen LogP contribution < -0.4 is 0 Å². The van der Waals surface area contributed by atoms with Crippen LogP contribution in [0.1, 0.15) is 51.9 Å². The molecule has 2 N–H and O–H groups in total. The highest BCUT2D eigenvalue weighted by Crippen LogP contribution is 2.02. The third-order valence-corrected chi connectivity index (χ3v) is 3.12. The second kappa shape index (κ2) is 17.4. The fraction of sp³-hybridized carbons (Fsp3) is 0.450. The Kier molecular flexibility index (Phi) is 16.1. The summed E-state index contributed by atoms with van der Waals surface area (Å²) in [7, 11) is 0. The molecule has 4 nitrogen and oxygen atoms in total. The number of unbranched alkanes of at least 4 members (excludes halogenated alkanes) is 1. The van der Waals surface area contributed by atoms with Crippen LogP contribution in [0.2, 0.25) is 0 Å². The predicted octanol–water partition coefficient (Wildman–Crippen LogP) is 5.46. The maximum Gasteiger partial charge on any atom is 0.303 e. The van der Waals surface area contributed by atoms with Gasteiger partial charge in [-0.15, -0.1) is 0 Å². The summed E-state index contributed by atoms with van der Waals surface area (Å²) in [6.45, 7) is 2.10. The van der Waals surface area contributed by atoms with Crippen molar-refractivity contribution in [2.24, 2.45) is 0 Å². The van der Waals surface area contributed by atoms with Gasteiger partial charge in [-0.1, -0.05) is 67.7 Å². The minimum Gasteiger partial charge on any atom is -0.481 e. The molecule has 0 saturated heterocycles. The number of hydrogen-bond donors (Lipinski definition) is 2. The van der Waals surface area contributed by atoms with E-state index in [1.54, 1.807) is 6.08 Å². The van der Waals surface area contributed by atoms with Crippen LogP contribution in [0.5, 0.6) is 0 Å². The van der Waals surface area contributed by atoms with E-state index in [0.29, 0.717) is 12.8 Å². The van der Waals surface area contributed by atoms with E-state index in [-0.39, 0.29) is 12.5 Å². The fourth-order valence-corrected chi connectivity index (χ4v) is 1.83. The van der Waals surface area contributed by atoms with Crippen LogP contribution in [0.3, 0.4) is 0 Å². The Balaban J connectivity index is 3.85. The van der Waals surface area contributed by atoms with Crippen LogP contribution in [-0.2, 0) is 9.68 Å². The van der Waals surface area contributed by atoms with Gasteiger partial charge in [-0.25, -0.2) is 4.89 Å². The molecule has 0 amide bonds. The molecule has 0 aromatic heterocycles. The van der Waals surface area contributed by atoms with Crippen molar-refractivity contribution in [1.82, 2.24) is 0 Å². The molecule has 0 aliphatic heterocycles. The number of rotatable bonds is 14. The zero-order valence-electron chi connectivity index (χ0n) is 14.5. The molecule has 0 spiro atoms. The van der Waals surface area contributed by atoms with Crippen LogP contribution in [0.4, 0.5) is 0 Å². The molecular weight excluding hydrogens is 304 g/mol. The molecule has 4 heteroatoms. The summed E-state index contributed by atoms with van der Waals surface area (Å²) in [6, 6.07) is 0. The van der Waals surface area contributed by atoms with E-state index in [0.717, 1.165) is 25.7 Å². The molecule has 0 saturated carbocycles. The van der Waals surface area contributed by atoms with Crippen molar-refractivity contribution in [1.29, 1.82) is 0 Å². The molecule has 134 valence electrons. The molecule has 24 heavy (non-hydrogen) atoms. The van der Waals surface area contributed by atoms with E-state index < -0.39 is 5.97 Å². The van der Waals surface area contributed by atoms with E-state index in [1.165, 1.54) is 0 Å². The van der Waals surface area contributed by atoms with E-state index in [9.17, 15) is 4.79 Å². The standard InChI is InChI=1S/C20H30O4/c1-2-3-4-5-10-13-16-19(24-23)17-14-11-8-6-7-9-12-15-18-20(21)22/h3-4,7-11,13-14,17,19,23H,2,5-6,12,15-16,18H2,1H3,(H,21,22)/b4-3+,9-7+,11-8-,13-10+,17-14+/t19-/m0/s1. The molecule has 0 aliphatic carbocycles. The van der Waals surface area contributed by atoms with Gasteiger partial charge < -0.3 is 5.11 Å². The van der Waals surface area contributed by atoms with Gasteiger partial charge in [0.2, 0.25) is 0 Å². The number of aliphatic carboxylic acids is 1. The lowest BCUT2D eigenvalue weighted by atomic mass is 10.2. The van der Waals surface area contributed by atoms with Gasteiger partial charge in [-0.2, -0.15) is 0 Å². The number of hydrogen-bond acceptors (Lipinski definition) is 3. The molecule has 0 aliphatic rings. The first kappa shape index (κ1) is 22.1. The minimum atomic E-state index is -0.749. The average molecular weight is 334 g/mol. The largest absolute Gasteiger partial charge is 0.481 e. The average Bonchev–Trinajstić information content (AvgIpc) is 2.57. The van der Waals surface area contributed by atoms with Crippen LogP contribution in [0.25, 0.3) is 0 Å². The Bertz CT molecular complexity index is 445. The first-order valence-corrected chi connectivity index (χ1v) is 8.51. The maximum absolute atomic E-state index is 10.3. The molecular formula is C20H30O4. The number of carboxylic acids is 1. The lowest BCUT2D eigenvalue weighted by Gasteiger charge is -2.03. The van der Waals surface area contributed by atoms with Gasteiger partial charge in [0.1, 0.15) is 6.10 Å². The summed E-state index contributed by atoms with van der Waals surface area (Å²) in [5.41, 5.74) is 0. The van der Waals surface area contributed by atoms with Crippen molar-refractivity contribution in [3.05, 3.63) is 60.8 Å². The summed E-state index contributed by atoms with van der Waals surface area (Å²) >= 11 is 0. The normalized spacial score (nSPS) is 14.1. The second-order valence-corrected chi connectivity index (χ2v) is 5.27. The maximum atomic E-state index is 10.3. The lowest BCUT2D eigenvalue weighted by Crippen LogP contribution is -2.04. The molecule has 0 aromatic rings. The van der Waals surface area contributed by atoms with Gasteiger partial charge in [0.05, 0.1) is 0 Å². The monoisotopic (exact) mass is 334 g/mol. The third-order valence-electron chi connectivity index (χ3n) is 3.12. The van der Waals surface area contributed by atoms with Crippen LogP contribution in [-0.4, -0.2) is 22.4 Å². The van der Waals surface area contributed by atoms with Crippen LogP contribution in [0, 0.1) is 0 Å². The van der Waals surface area contributed by atoms with Crippen LogP contribution in [0.15, 0.2) is 60.8 Å². The Morgan fingerprint density at radius 3 is 2.42 bits per heavy atom. The van der Waals surface area contributed by atoms with Crippen molar-refractivity contribution in [2.45, 2.75) is 58.0 Å². The van der Waals surface area contributed by atoms with E-state index in [4.69, 9.17) is 10.4 Å². The van der Waals surface area contributed by atoms with Gasteiger partial charge in [0.15, 0.2) is 0 Å². The summed E-state index contributed by atoms with van der Waals surface area (Å²) in [5, 5.41) is 17.4. The molecule has 1 atom stereocenters. The van der Waals surface area contributed by atoms with Crippen molar-refractivity contribution in [3.8, 4) is 0 Å². The van der Waals surface area contributed by atoms with E-state index >= 15 is 0 Å². The molecule has 0 aromatic carbocycles. The molecule has 0 bridgehead atoms. The molecule has 0 radical (unpaired) electrons. The van der Waals surface area contributed by atoms with Crippen molar-refractivity contribution < 1.29 is 20.0 Å². The zero-order chi connectivity index (χ0) is 17.9. The number of carboxylic acid groups (broad SMARTS) is 1. The second-order valence-electron chi connectivity index (χ2n) is 5.27. The van der Waals surface area contributed by atoms with Gasteiger partial charge in [-0.3, -0.25) is 10.1 Å². The molecule has 0 fully saturated rings. The highest BCUT2D eigenvalue weighted by molar-refractivity contribution is 5.66. The minimum absolute atomic E-state index is 0.217. The van der Waals surface area contributed by atoms with Crippen molar-refractivity contribution >= 4 is 5.97 Å². The Hall–Kier alpha value is -1.91. The quantitative estimate of drug-likeness (QED) is 0.145. The molecule has 0 heterocycles. The Morgan fingerprint density at radius 2 is 1.71 bits per heavy atom. The predicted molar refractivity (Wildman–Crippen MR) is 98.8 cm³/mol. The van der Waals surface area contributed by atoms with Gasteiger partial charge >= 0.3 is 5.97 Å². The summed E-state index contributed by atoms with van der Waals surface area (Å²) in [4.78, 5) is 14.8. The molecule has 0 unspecified atom stereocenters. The number of allylic oxidation sites excluding steroid dienone is 8. The highest BCUT2D eigenvalue weighted by Gasteiger charge is 1.99. The molecule has 0 rings (SSSR count). The van der Waals surface area contributed by atoms with Gasteiger partial charge in [-0.05, 0) is 38.5 Å². The van der Waals surface area contributed by atoms with E-state index in [1.807, 2.05) is 36.5 Å². The zero-order valence-corrected chi connectivity index (χ0v) is 14.5. The van der Waals surface area contributed by atoms with Crippen molar-refractivity contribution in [2.75, 3.05) is 0 Å². The van der Waals surface area contributed by atoms with Crippen LogP contribution >= 0.6 is 0 Å². The first-order valence-electron chi connectivity index (χ1n) is 8.51. The van der Waals surface area contributed by atoms with Gasteiger partial charge in [0.25, 0.3) is 0 Å². The summed E-state index contributed by atoms with van der Waals surface area (Å²) < 4.78 is 0. The Labute approximate surface area is 145 Å². The highest BCUT2D eigenvalue weighted by atomic mass is 17.1. The SMILES string of the molecule is CC/C=C/C/C=C/C[C@@H](/C=C/C=C\C/C=C/CCCC(=O)O)OO. The van der Waals surface area contributed by atoms with E-state index in [2.05, 4.69) is 30.0 Å². The Morgan fingerprint density at radius 1 is 1.00 bits per heavy atom. The topological polar surface area (TPSA) is 66.8 Å². The lowest BCUT2D eigenvalue weighted by molar-refractivity contribution is -0.264. The van der Waals surface area contributed by atoms with Gasteiger partial charge in [0, 0.05) is 6.42 Å². The first-order chi connectivity index (χ1) is 11.7. The number of carbonyl (C=O) groups is 1. The smallest absolute Gasteiger partial charge is 0.303 e. The third kappa shape index (κ3) is 16.5. The van der Waals surface area contributed by atoms with Crippen molar-refractivity contribution in [3.63, 3.8) is 0 Å². The fourth-order valence-electron chi connectivity index (χ4n) is 1.83.